The number of piperidine rings is 1. The Morgan fingerprint density at radius 1 is 1.08 bits per heavy atom. The molecule has 0 radical (unpaired) electrons. The number of carbonyl (C=O) groups is 2. The summed E-state index contributed by atoms with van der Waals surface area (Å²) in [6.45, 7) is 1.71. The number of ether oxygens (including phenoxy) is 1. The van der Waals surface area contributed by atoms with E-state index in [0.717, 1.165) is 51.4 Å². The zero-order valence-electron chi connectivity index (χ0n) is 21.3. The molecule has 212 valence electrons. The van der Waals surface area contributed by atoms with E-state index in [1.807, 2.05) is 18.2 Å². The third-order valence-electron chi connectivity index (χ3n) is 7.31. The summed E-state index contributed by atoms with van der Waals surface area (Å²) < 4.78 is 63.4. The minimum Gasteiger partial charge on any atom is -0.486 e. The largest absolute Gasteiger partial charge is 0.486 e. The number of hydrogen-bond acceptors (Lipinski definition) is 8. The zero-order chi connectivity index (χ0) is 28.6. The number of nitrogens with zero attached hydrogens (tertiary/aromatic N) is 1. The number of nitrogens with two attached hydrogens (primary N) is 1. The summed E-state index contributed by atoms with van der Waals surface area (Å²) in [7, 11) is -8.08. The number of carbonyl (C=O) groups excluding carboxylic acids is 2. The van der Waals surface area contributed by atoms with Crippen molar-refractivity contribution in [3.05, 3.63) is 58.7 Å². The lowest BCUT2D eigenvalue weighted by atomic mass is 9.80. The minimum absolute atomic E-state index is 0.0105. The molecule has 1 aliphatic carbocycles. The van der Waals surface area contributed by atoms with E-state index >= 15 is 0 Å². The van der Waals surface area contributed by atoms with Crippen molar-refractivity contribution in [2.24, 2.45) is 5.73 Å². The lowest BCUT2D eigenvalue weighted by Gasteiger charge is -2.46. The number of nitrogens with one attached hydrogen (secondary N) is 1. The van der Waals surface area contributed by atoms with E-state index in [-0.39, 0.29) is 5.78 Å². The van der Waals surface area contributed by atoms with Gasteiger partial charge >= 0.3 is 10.4 Å². The Morgan fingerprint density at radius 3 is 2.36 bits per heavy atom. The third kappa shape index (κ3) is 7.54. The van der Waals surface area contributed by atoms with Crippen molar-refractivity contribution < 1.29 is 40.3 Å². The Hall–Kier alpha value is -3.04. The summed E-state index contributed by atoms with van der Waals surface area (Å²) in [5.74, 6) is 0.127. The van der Waals surface area contributed by atoms with E-state index in [2.05, 4.69) is 9.62 Å². The first-order valence-electron chi connectivity index (χ1n) is 12.3. The number of benzene rings is 2. The fourth-order valence-electron chi connectivity index (χ4n) is 5.55. The van der Waals surface area contributed by atoms with Crippen molar-refractivity contribution in [2.75, 3.05) is 24.1 Å². The lowest BCUT2D eigenvalue weighted by Crippen LogP contribution is -2.54. The van der Waals surface area contributed by atoms with Gasteiger partial charge in [-0.15, -0.1) is 0 Å². The normalized spacial score (nSPS) is 20.6. The quantitative estimate of drug-likeness (QED) is 0.387. The first kappa shape index (κ1) is 29.0. The Labute approximate surface area is 227 Å². The van der Waals surface area contributed by atoms with Crippen molar-refractivity contribution >= 4 is 37.8 Å². The number of ketones is 1. The SMILES string of the molecule is CS(=O)(=O)Nc1ccc2c(c1)C(=O)CC1(CCN([C@@H]3CCc4cc(C(N)=O)ccc4C3)CC1)O2.O=S(=O)(O)O. The van der Waals surface area contributed by atoms with Crippen LogP contribution in [0.25, 0.3) is 0 Å². The second kappa shape index (κ2) is 10.8. The molecule has 0 saturated carbocycles. The van der Waals surface area contributed by atoms with Crippen molar-refractivity contribution in [3.63, 3.8) is 0 Å². The molecule has 1 fully saturated rings. The van der Waals surface area contributed by atoms with Gasteiger partial charge in [0.05, 0.1) is 18.2 Å². The number of hydrogen-bond donors (Lipinski definition) is 4. The van der Waals surface area contributed by atoms with Crippen LogP contribution < -0.4 is 15.2 Å². The maximum Gasteiger partial charge on any atom is 0.394 e. The van der Waals surface area contributed by atoms with E-state index < -0.39 is 31.9 Å². The highest BCUT2D eigenvalue weighted by atomic mass is 32.3. The molecule has 1 spiro atoms. The molecule has 39 heavy (non-hydrogen) atoms. The van der Waals surface area contributed by atoms with Gasteiger partial charge in [0.1, 0.15) is 11.4 Å². The fourth-order valence-corrected chi connectivity index (χ4v) is 6.10. The van der Waals surface area contributed by atoms with Gasteiger partial charge in [0.15, 0.2) is 5.78 Å². The van der Waals surface area contributed by atoms with E-state index in [1.54, 1.807) is 18.2 Å². The van der Waals surface area contributed by atoms with Crippen molar-refractivity contribution in [2.45, 2.75) is 50.2 Å². The number of sulfonamides is 1. The molecule has 5 N–H and O–H groups in total. The summed E-state index contributed by atoms with van der Waals surface area (Å²) >= 11 is 0. The van der Waals surface area contributed by atoms with Crippen molar-refractivity contribution in [1.29, 1.82) is 0 Å². The van der Waals surface area contributed by atoms with Crippen LogP contribution in [0.4, 0.5) is 5.69 Å². The Kier molecular flexibility index (Phi) is 8.06. The van der Waals surface area contributed by atoms with Gasteiger partial charge in [-0.05, 0) is 60.7 Å². The van der Waals surface area contributed by atoms with E-state index in [9.17, 15) is 18.0 Å². The standard InChI is InChI=1S/C25H29N3O5S.H2O4S/c1-34(31,32)27-19-5-7-23-21(14-19)22(29)15-25(33-23)8-10-28(11-9-25)20-6-4-16-12-18(24(26)30)3-2-17(16)13-20;1-5(2,3)4/h2-3,5,7,12,14,20,27H,4,6,8-11,13,15H2,1H3,(H2,26,30);(H2,1,2,3,4)/t20-;/m1./s1. The maximum absolute atomic E-state index is 13.0. The van der Waals surface area contributed by atoms with Crippen molar-refractivity contribution in [1.82, 2.24) is 4.90 Å². The molecule has 0 unspecified atom stereocenters. The van der Waals surface area contributed by atoms with Crippen LogP contribution in [0.1, 0.15) is 57.5 Å². The smallest absolute Gasteiger partial charge is 0.394 e. The zero-order valence-corrected chi connectivity index (χ0v) is 22.9. The van der Waals surface area contributed by atoms with Gasteiger partial charge in [0, 0.05) is 43.2 Å². The summed E-state index contributed by atoms with van der Waals surface area (Å²) in [6, 6.07) is 11.1. The molecule has 2 heterocycles. The molecular weight excluding hydrogens is 550 g/mol. The number of anilines is 1. The van der Waals surface area contributed by atoms with Crippen LogP contribution in [-0.2, 0) is 33.3 Å². The molecular formula is C25H31N3O9S2. The Morgan fingerprint density at radius 2 is 1.74 bits per heavy atom. The Bertz CT molecular complexity index is 1490. The molecule has 1 amide bonds. The number of Topliss-reactive ketones (excluding diaryl/α,β-unsaturated/α-hetero) is 1. The number of fused-ring (bicyclic) bond motifs is 2. The topological polar surface area (TPSA) is 193 Å². The number of primary amides is 1. The highest BCUT2D eigenvalue weighted by Gasteiger charge is 2.44. The van der Waals surface area contributed by atoms with E-state index in [0.29, 0.717) is 35.0 Å². The first-order valence-corrected chi connectivity index (χ1v) is 15.6. The van der Waals surface area contributed by atoms with Gasteiger partial charge in [-0.2, -0.15) is 8.42 Å². The summed E-state index contributed by atoms with van der Waals surface area (Å²) in [5.41, 5.74) is 8.77. The molecule has 2 aromatic carbocycles. The maximum atomic E-state index is 13.0. The van der Waals surface area contributed by atoms with Gasteiger partial charge in [0.25, 0.3) is 0 Å². The molecule has 1 atom stereocenters. The van der Waals surface area contributed by atoms with Crippen LogP contribution in [0.3, 0.4) is 0 Å². The second-order valence-electron chi connectivity index (χ2n) is 10.2. The average molecular weight is 582 g/mol. The molecule has 2 aromatic rings. The van der Waals surface area contributed by atoms with Gasteiger partial charge in [-0.25, -0.2) is 8.42 Å². The Balaban J connectivity index is 0.000000648. The molecule has 0 bridgehead atoms. The number of likely N-dealkylation sites (tertiary alicyclic amines) is 1. The third-order valence-corrected chi connectivity index (χ3v) is 7.92. The molecule has 12 nitrogen and oxygen atoms in total. The number of amides is 1. The molecule has 5 rings (SSSR count). The van der Waals surface area contributed by atoms with Crippen molar-refractivity contribution in [3.8, 4) is 5.75 Å². The monoisotopic (exact) mass is 581 g/mol. The minimum atomic E-state index is -4.67. The average Bonchev–Trinajstić information content (AvgIpc) is 2.82. The number of rotatable bonds is 4. The van der Waals surface area contributed by atoms with Crippen LogP contribution in [-0.4, -0.2) is 73.5 Å². The predicted molar refractivity (Wildman–Crippen MR) is 143 cm³/mol. The summed E-state index contributed by atoms with van der Waals surface area (Å²) in [4.78, 5) is 26.9. The molecule has 0 aromatic heterocycles. The second-order valence-corrected chi connectivity index (χ2v) is 12.8. The van der Waals surface area contributed by atoms with Crippen LogP contribution in [0, 0.1) is 0 Å². The fraction of sp³-hybridized carbons (Fsp3) is 0.440. The molecule has 14 heteroatoms. The van der Waals surface area contributed by atoms with Gasteiger partial charge in [-0.1, -0.05) is 6.07 Å². The highest BCUT2D eigenvalue weighted by Crippen LogP contribution is 2.41. The predicted octanol–water partition coefficient (Wildman–Crippen LogP) is 1.86. The van der Waals surface area contributed by atoms with Gasteiger partial charge < -0.3 is 10.5 Å². The molecule has 1 saturated heterocycles. The van der Waals surface area contributed by atoms with Gasteiger partial charge in [0.2, 0.25) is 15.9 Å². The van der Waals surface area contributed by atoms with E-state index in [4.69, 9.17) is 28.0 Å². The lowest BCUT2D eigenvalue weighted by molar-refractivity contribution is -0.0200. The van der Waals surface area contributed by atoms with Gasteiger partial charge in [-0.3, -0.25) is 28.3 Å². The molecule has 2 aliphatic heterocycles. The molecule has 3 aliphatic rings. The summed E-state index contributed by atoms with van der Waals surface area (Å²) in [5, 5.41) is 0. The van der Waals surface area contributed by atoms with Crippen LogP contribution in [0.15, 0.2) is 36.4 Å². The van der Waals surface area contributed by atoms with Crippen LogP contribution >= 0.6 is 0 Å². The first-order chi connectivity index (χ1) is 18.1. The summed E-state index contributed by atoms with van der Waals surface area (Å²) in [6.07, 6.45) is 5.82. The van der Waals surface area contributed by atoms with Crippen LogP contribution in [0.5, 0.6) is 5.75 Å². The highest BCUT2D eigenvalue weighted by molar-refractivity contribution is 7.92. The number of aryl methyl sites for hydroxylation is 1. The van der Waals surface area contributed by atoms with Crippen LogP contribution in [0.2, 0.25) is 0 Å². The van der Waals surface area contributed by atoms with E-state index in [1.165, 1.54) is 11.1 Å².